The Morgan fingerprint density at radius 3 is 2.36 bits per heavy atom. The number of nitrogens with zero attached hydrogens (tertiary/aromatic N) is 1. The van der Waals surface area contributed by atoms with E-state index >= 15 is 0 Å². The Balaban J connectivity index is 1.54. The number of anilines is 1. The zero-order valence-corrected chi connectivity index (χ0v) is 15.6. The van der Waals surface area contributed by atoms with Crippen molar-refractivity contribution >= 4 is 21.4 Å². The first kappa shape index (κ1) is 20.2. The van der Waals surface area contributed by atoms with Crippen molar-refractivity contribution < 1.29 is 26.4 Å². The number of halogens is 3. The molecule has 150 valence electrons. The van der Waals surface area contributed by atoms with E-state index < -0.39 is 26.4 Å². The number of sulfone groups is 1. The van der Waals surface area contributed by atoms with Gasteiger partial charge >= 0.3 is 5.76 Å². The number of hydrogen-bond donors (Lipinski definition) is 1. The van der Waals surface area contributed by atoms with Crippen molar-refractivity contribution in [3.05, 3.63) is 59.9 Å². The number of benzene rings is 2. The molecule has 1 saturated heterocycles. The smallest absolute Gasteiger partial charge is 0.341 e. The molecule has 0 aliphatic carbocycles. The van der Waals surface area contributed by atoms with E-state index in [1.807, 2.05) is 0 Å². The van der Waals surface area contributed by atoms with Crippen LogP contribution in [0.4, 0.5) is 18.9 Å². The topological polar surface area (TPSA) is 66.5 Å². The lowest BCUT2D eigenvalue weighted by molar-refractivity contribution is 0.0948. The number of carbonyl (C=O) groups excluding carboxylic acids is 1. The molecule has 1 aliphatic heterocycles. The van der Waals surface area contributed by atoms with Crippen LogP contribution in [0.2, 0.25) is 0 Å². The Morgan fingerprint density at radius 1 is 1.11 bits per heavy atom. The number of carbonyl (C=O) groups is 1. The summed E-state index contributed by atoms with van der Waals surface area (Å²) in [5.41, 5.74) is 1.12. The van der Waals surface area contributed by atoms with Gasteiger partial charge in [0.2, 0.25) is 9.84 Å². The van der Waals surface area contributed by atoms with Crippen molar-refractivity contribution in [2.75, 3.05) is 24.5 Å². The molecule has 1 amide bonds. The van der Waals surface area contributed by atoms with Gasteiger partial charge in [0.05, 0.1) is 4.90 Å². The van der Waals surface area contributed by atoms with Gasteiger partial charge in [-0.25, -0.2) is 12.8 Å². The number of hydrogen-bond acceptors (Lipinski definition) is 4. The second-order valence-corrected chi connectivity index (χ2v) is 8.53. The Labute approximate surface area is 161 Å². The first-order valence-electron chi connectivity index (χ1n) is 8.68. The minimum Gasteiger partial charge on any atom is -0.371 e. The van der Waals surface area contributed by atoms with E-state index in [1.165, 1.54) is 24.3 Å². The number of nitrogens with one attached hydrogen (secondary N) is 1. The summed E-state index contributed by atoms with van der Waals surface area (Å²) in [6, 6.07) is 10.7. The predicted molar refractivity (Wildman–Crippen MR) is 98.7 cm³/mol. The van der Waals surface area contributed by atoms with E-state index in [1.54, 1.807) is 12.1 Å². The molecular formula is C19H19F3N2O3S. The van der Waals surface area contributed by atoms with Gasteiger partial charge in [-0.3, -0.25) is 4.79 Å². The molecule has 0 bridgehead atoms. The van der Waals surface area contributed by atoms with Crippen LogP contribution >= 0.6 is 0 Å². The van der Waals surface area contributed by atoms with E-state index in [0.717, 1.165) is 37.3 Å². The maximum atomic E-state index is 13.0. The van der Waals surface area contributed by atoms with Crippen LogP contribution in [0.5, 0.6) is 0 Å². The summed E-state index contributed by atoms with van der Waals surface area (Å²) < 4.78 is 60.9. The molecule has 0 spiro atoms. The SMILES string of the molecule is O=C(NCC1CCN(c2ccc(F)cc2)C1)c1ccc(S(=O)(=O)C(F)F)cc1. The van der Waals surface area contributed by atoms with Crippen molar-refractivity contribution in [2.45, 2.75) is 17.1 Å². The van der Waals surface area contributed by atoms with Gasteiger partial charge in [0, 0.05) is 30.9 Å². The predicted octanol–water partition coefficient (Wildman–Crippen LogP) is 3.08. The highest BCUT2D eigenvalue weighted by Gasteiger charge is 2.27. The summed E-state index contributed by atoms with van der Waals surface area (Å²) in [7, 11) is -4.67. The third-order valence-electron chi connectivity index (χ3n) is 4.71. The fourth-order valence-corrected chi connectivity index (χ4v) is 3.84. The number of rotatable bonds is 6. The summed E-state index contributed by atoms with van der Waals surface area (Å²) in [5.74, 6) is -3.98. The molecule has 1 aliphatic rings. The molecule has 0 saturated carbocycles. The summed E-state index contributed by atoms with van der Waals surface area (Å²) >= 11 is 0. The third kappa shape index (κ3) is 4.46. The standard InChI is InChI=1S/C19H19F3N2O3S/c20-15-3-5-16(6-4-15)24-10-9-13(12-24)11-23-18(25)14-1-7-17(8-2-14)28(26,27)19(21)22/h1-8,13,19H,9-12H2,(H,23,25). The number of alkyl halides is 2. The highest BCUT2D eigenvalue weighted by molar-refractivity contribution is 7.91. The monoisotopic (exact) mass is 412 g/mol. The van der Waals surface area contributed by atoms with Gasteiger partial charge in [0.15, 0.2) is 0 Å². The van der Waals surface area contributed by atoms with E-state index in [4.69, 9.17) is 0 Å². The van der Waals surface area contributed by atoms with Crippen molar-refractivity contribution in [2.24, 2.45) is 5.92 Å². The van der Waals surface area contributed by atoms with Crippen molar-refractivity contribution in [3.63, 3.8) is 0 Å². The molecule has 0 aromatic heterocycles. The molecule has 1 heterocycles. The van der Waals surface area contributed by atoms with E-state index in [2.05, 4.69) is 10.2 Å². The maximum absolute atomic E-state index is 13.0. The van der Waals surface area contributed by atoms with Crippen molar-refractivity contribution in [3.8, 4) is 0 Å². The quantitative estimate of drug-likeness (QED) is 0.792. The molecular weight excluding hydrogens is 393 g/mol. The summed E-state index contributed by atoms with van der Waals surface area (Å²) in [5, 5.41) is 2.78. The molecule has 2 aromatic rings. The zero-order valence-electron chi connectivity index (χ0n) is 14.8. The molecule has 1 fully saturated rings. The fourth-order valence-electron chi connectivity index (χ4n) is 3.12. The van der Waals surface area contributed by atoms with Crippen LogP contribution in [0.1, 0.15) is 16.8 Å². The third-order valence-corrected chi connectivity index (χ3v) is 6.11. The lowest BCUT2D eigenvalue weighted by atomic mass is 10.1. The Kier molecular flexibility index (Phi) is 5.93. The first-order valence-corrected chi connectivity index (χ1v) is 10.2. The minimum absolute atomic E-state index is 0.196. The average molecular weight is 412 g/mol. The second-order valence-electron chi connectivity index (χ2n) is 6.62. The fraction of sp³-hybridized carbons (Fsp3) is 0.316. The molecule has 28 heavy (non-hydrogen) atoms. The molecule has 2 aromatic carbocycles. The van der Waals surface area contributed by atoms with Crippen LogP contribution in [0.15, 0.2) is 53.4 Å². The van der Waals surface area contributed by atoms with E-state index in [0.29, 0.717) is 6.54 Å². The van der Waals surface area contributed by atoms with E-state index in [-0.39, 0.29) is 17.3 Å². The molecule has 9 heteroatoms. The van der Waals surface area contributed by atoms with Crippen LogP contribution in [-0.2, 0) is 9.84 Å². The Hall–Kier alpha value is -2.55. The highest BCUT2D eigenvalue weighted by atomic mass is 32.2. The van der Waals surface area contributed by atoms with Crippen molar-refractivity contribution in [1.82, 2.24) is 5.32 Å². The van der Waals surface area contributed by atoms with Crippen LogP contribution in [-0.4, -0.2) is 39.7 Å². The van der Waals surface area contributed by atoms with Crippen LogP contribution in [0.3, 0.4) is 0 Å². The molecule has 0 radical (unpaired) electrons. The second kappa shape index (κ2) is 8.22. The molecule has 1 N–H and O–H groups in total. The molecule has 1 atom stereocenters. The van der Waals surface area contributed by atoms with Gasteiger partial charge in [-0.2, -0.15) is 8.78 Å². The van der Waals surface area contributed by atoms with Crippen LogP contribution < -0.4 is 10.2 Å². The van der Waals surface area contributed by atoms with Crippen molar-refractivity contribution in [1.29, 1.82) is 0 Å². The van der Waals surface area contributed by atoms with Gasteiger partial charge in [-0.05, 0) is 60.9 Å². The number of amides is 1. The summed E-state index contributed by atoms with van der Waals surface area (Å²) in [4.78, 5) is 13.8. The van der Waals surface area contributed by atoms with Crippen LogP contribution in [0.25, 0.3) is 0 Å². The highest BCUT2D eigenvalue weighted by Crippen LogP contribution is 2.24. The average Bonchev–Trinajstić information content (AvgIpc) is 3.15. The van der Waals surface area contributed by atoms with Crippen LogP contribution in [0, 0.1) is 11.7 Å². The van der Waals surface area contributed by atoms with Gasteiger partial charge in [-0.1, -0.05) is 0 Å². The normalized spacial score (nSPS) is 17.1. The summed E-state index contributed by atoms with van der Waals surface area (Å²) in [6.45, 7) is 1.94. The minimum atomic E-state index is -4.67. The molecule has 3 rings (SSSR count). The lowest BCUT2D eigenvalue weighted by Gasteiger charge is -2.18. The van der Waals surface area contributed by atoms with Gasteiger partial charge in [-0.15, -0.1) is 0 Å². The lowest BCUT2D eigenvalue weighted by Crippen LogP contribution is -2.31. The zero-order chi connectivity index (χ0) is 20.3. The largest absolute Gasteiger partial charge is 0.371 e. The van der Waals surface area contributed by atoms with Gasteiger partial charge in [0.25, 0.3) is 5.91 Å². The molecule has 1 unspecified atom stereocenters. The maximum Gasteiger partial charge on any atom is 0.341 e. The van der Waals surface area contributed by atoms with Gasteiger partial charge in [0.1, 0.15) is 5.82 Å². The summed E-state index contributed by atoms with van der Waals surface area (Å²) in [6.07, 6.45) is 0.864. The van der Waals surface area contributed by atoms with Gasteiger partial charge < -0.3 is 10.2 Å². The van der Waals surface area contributed by atoms with E-state index in [9.17, 15) is 26.4 Å². The molecule has 5 nitrogen and oxygen atoms in total. The Morgan fingerprint density at radius 2 is 1.75 bits per heavy atom. The Bertz CT molecular complexity index is 932. The first-order chi connectivity index (χ1) is 13.3.